The first kappa shape index (κ1) is 33.0. The number of anilines is 6. The van der Waals surface area contributed by atoms with Crippen molar-refractivity contribution in [3.05, 3.63) is 192 Å². The van der Waals surface area contributed by atoms with Gasteiger partial charge in [-0.1, -0.05) is 126 Å². The molecule has 0 saturated heterocycles. The molecule has 0 unspecified atom stereocenters. The van der Waals surface area contributed by atoms with Crippen molar-refractivity contribution in [3.63, 3.8) is 0 Å². The fraction of sp³-hybridized carbons (Fsp3) is 0.176. The summed E-state index contributed by atoms with van der Waals surface area (Å²) in [6, 6.07) is 59.8. The second-order valence-corrected chi connectivity index (χ2v) is 16.0. The van der Waals surface area contributed by atoms with E-state index in [2.05, 4.69) is 215 Å². The zero-order chi connectivity index (χ0) is 36.5. The Morgan fingerprint density at radius 2 is 0.774 bits per heavy atom. The lowest BCUT2D eigenvalue weighted by molar-refractivity contribution is 0.637. The Bertz CT molecular complexity index is 2380. The molecule has 0 amide bonds. The predicted molar refractivity (Wildman–Crippen MR) is 225 cm³/mol. The third-order valence-corrected chi connectivity index (χ3v) is 11.7. The van der Waals surface area contributed by atoms with Crippen LogP contribution in [0.4, 0.5) is 34.1 Å². The van der Waals surface area contributed by atoms with Crippen molar-refractivity contribution in [1.29, 1.82) is 0 Å². The maximum atomic E-state index is 2.56. The molecule has 0 N–H and O–H groups in total. The van der Waals surface area contributed by atoms with Crippen LogP contribution in [0.5, 0.6) is 0 Å². The lowest BCUT2D eigenvalue weighted by atomic mass is 9.74. The SMILES string of the molecule is CC(C)c1c2c(cc3c1C(C)(C)c1cc(N(c4ccccc4)c4ccccc4)ccc1-3)C(C)(C)c1cc(N(c3ccccc3)c3ccccc3)ccc1-2. The largest absolute Gasteiger partial charge is 0.310 e. The maximum absolute atomic E-state index is 2.56. The minimum Gasteiger partial charge on any atom is -0.310 e. The molecule has 0 saturated carbocycles. The summed E-state index contributed by atoms with van der Waals surface area (Å²) in [4.78, 5) is 4.77. The normalized spacial score (nSPS) is 14.3. The molecule has 2 aliphatic rings. The minimum absolute atomic E-state index is 0.178. The molecule has 2 heteroatoms. The number of rotatable bonds is 7. The molecule has 9 rings (SSSR count). The van der Waals surface area contributed by atoms with Crippen LogP contribution < -0.4 is 9.80 Å². The van der Waals surface area contributed by atoms with Crippen LogP contribution in [0.1, 0.15) is 75.3 Å². The van der Waals surface area contributed by atoms with Gasteiger partial charge in [-0.2, -0.15) is 0 Å². The van der Waals surface area contributed by atoms with Crippen LogP contribution in [0.15, 0.2) is 164 Å². The molecule has 0 fully saturated rings. The first-order valence-corrected chi connectivity index (χ1v) is 19.0. The highest BCUT2D eigenvalue weighted by Crippen LogP contribution is 2.60. The molecular formula is C51H46N2. The van der Waals surface area contributed by atoms with Gasteiger partial charge in [0.2, 0.25) is 0 Å². The van der Waals surface area contributed by atoms with Crippen LogP contribution in [0, 0.1) is 0 Å². The molecule has 0 heterocycles. The Labute approximate surface area is 315 Å². The second kappa shape index (κ2) is 12.4. The second-order valence-electron chi connectivity index (χ2n) is 16.0. The van der Waals surface area contributed by atoms with Crippen molar-refractivity contribution in [1.82, 2.24) is 0 Å². The van der Waals surface area contributed by atoms with Crippen molar-refractivity contribution < 1.29 is 0 Å². The lowest BCUT2D eigenvalue weighted by Crippen LogP contribution is -2.20. The highest BCUT2D eigenvalue weighted by molar-refractivity contribution is 5.95. The fourth-order valence-corrected chi connectivity index (χ4v) is 9.26. The molecule has 0 aliphatic heterocycles. The number of para-hydroxylation sites is 4. The van der Waals surface area contributed by atoms with Gasteiger partial charge in [0, 0.05) is 45.0 Å². The monoisotopic (exact) mass is 686 g/mol. The first-order chi connectivity index (χ1) is 25.7. The average Bonchev–Trinajstić information content (AvgIpc) is 3.54. The average molecular weight is 687 g/mol. The smallest absolute Gasteiger partial charge is 0.0465 e. The molecule has 0 spiro atoms. The Kier molecular flexibility index (Phi) is 7.71. The van der Waals surface area contributed by atoms with E-state index in [1.165, 1.54) is 61.4 Å². The molecule has 53 heavy (non-hydrogen) atoms. The van der Waals surface area contributed by atoms with E-state index >= 15 is 0 Å². The van der Waals surface area contributed by atoms with Gasteiger partial charge < -0.3 is 9.80 Å². The van der Waals surface area contributed by atoms with Gasteiger partial charge in [-0.25, -0.2) is 0 Å². The van der Waals surface area contributed by atoms with Gasteiger partial charge in [-0.3, -0.25) is 0 Å². The Morgan fingerprint density at radius 3 is 1.19 bits per heavy atom. The van der Waals surface area contributed by atoms with E-state index in [0.29, 0.717) is 5.92 Å². The predicted octanol–water partition coefficient (Wildman–Crippen LogP) is 14.4. The quantitative estimate of drug-likeness (QED) is 0.165. The third-order valence-electron chi connectivity index (χ3n) is 11.7. The van der Waals surface area contributed by atoms with E-state index in [1.54, 1.807) is 0 Å². The van der Waals surface area contributed by atoms with E-state index in [1.807, 2.05) is 0 Å². The fourth-order valence-electron chi connectivity index (χ4n) is 9.26. The molecule has 260 valence electrons. The van der Waals surface area contributed by atoms with E-state index in [9.17, 15) is 0 Å². The summed E-state index contributed by atoms with van der Waals surface area (Å²) in [7, 11) is 0. The zero-order valence-corrected chi connectivity index (χ0v) is 31.6. The van der Waals surface area contributed by atoms with Crippen molar-refractivity contribution >= 4 is 34.1 Å². The number of fused-ring (bicyclic) bond motifs is 6. The van der Waals surface area contributed by atoms with Crippen LogP contribution in [0.25, 0.3) is 22.3 Å². The highest BCUT2D eigenvalue weighted by atomic mass is 15.1. The van der Waals surface area contributed by atoms with Crippen LogP contribution in [0.2, 0.25) is 0 Å². The molecule has 0 bridgehead atoms. The third kappa shape index (κ3) is 5.15. The summed E-state index contributed by atoms with van der Waals surface area (Å²) in [5, 5.41) is 0. The summed E-state index contributed by atoms with van der Waals surface area (Å²) in [6.45, 7) is 14.5. The highest BCUT2D eigenvalue weighted by Gasteiger charge is 2.45. The van der Waals surface area contributed by atoms with Gasteiger partial charge in [0.15, 0.2) is 0 Å². The maximum Gasteiger partial charge on any atom is 0.0465 e. The van der Waals surface area contributed by atoms with Crippen molar-refractivity contribution in [2.24, 2.45) is 0 Å². The molecule has 2 aliphatic carbocycles. The standard InChI is InChI=1S/C51H46N2/c1-34(2)47-48-42-30-28-40(53(37-23-15-9-16-24-37)38-25-17-10-18-26-38)32-45(42)50(3,4)46(48)33-43-41-29-27-39(31-44(41)51(5,6)49(43)47)52(35-19-11-7-12-20-35)36-21-13-8-14-22-36/h7-34H,1-6H3. The topological polar surface area (TPSA) is 6.48 Å². The van der Waals surface area contributed by atoms with Gasteiger partial charge in [-0.15, -0.1) is 0 Å². The van der Waals surface area contributed by atoms with E-state index in [0.717, 1.165) is 22.7 Å². The number of hydrogen-bond acceptors (Lipinski definition) is 2. The van der Waals surface area contributed by atoms with Crippen LogP contribution in [-0.2, 0) is 10.8 Å². The van der Waals surface area contributed by atoms with Crippen LogP contribution >= 0.6 is 0 Å². The van der Waals surface area contributed by atoms with Gasteiger partial charge in [0.05, 0.1) is 0 Å². The van der Waals surface area contributed by atoms with E-state index in [-0.39, 0.29) is 10.8 Å². The summed E-state index contributed by atoms with van der Waals surface area (Å²) in [6.07, 6.45) is 0. The number of benzene rings is 7. The van der Waals surface area contributed by atoms with Gasteiger partial charge in [0.1, 0.15) is 0 Å². The van der Waals surface area contributed by atoms with Crippen molar-refractivity contribution in [3.8, 4) is 22.3 Å². The number of nitrogens with zero attached hydrogens (tertiary/aromatic N) is 2. The molecule has 0 radical (unpaired) electrons. The first-order valence-electron chi connectivity index (χ1n) is 19.0. The molecular weight excluding hydrogens is 641 g/mol. The lowest BCUT2D eigenvalue weighted by Gasteiger charge is -2.30. The van der Waals surface area contributed by atoms with Gasteiger partial charge >= 0.3 is 0 Å². The van der Waals surface area contributed by atoms with Gasteiger partial charge in [-0.05, 0) is 135 Å². The van der Waals surface area contributed by atoms with Crippen molar-refractivity contribution in [2.45, 2.75) is 58.3 Å². The Balaban J connectivity index is 1.21. The van der Waals surface area contributed by atoms with E-state index in [4.69, 9.17) is 0 Å². The van der Waals surface area contributed by atoms with Gasteiger partial charge in [0.25, 0.3) is 0 Å². The summed E-state index contributed by atoms with van der Waals surface area (Å²) in [5.74, 6) is 0.350. The molecule has 2 nitrogen and oxygen atoms in total. The zero-order valence-electron chi connectivity index (χ0n) is 31.6. The Hall–Kier alpha value is -5.86. The van der Waals surface area contributed by atoms with Crippen LogP contribution in [0.3, 0.4) is 0 Å². The molecule has 7 aromatic rings. The Morgan fingerprint density at radius 1 is 0.377 bits per heavy atom. The summed E-state index contributed by atoms with van der Waals surface area (Å²) in [5.41, 5.74) is 19.4. The molecule has 7 aromatic carbocycles. The molecule has 0 atom stereocenters. The molecule has 0 aromatic heterocycles. The number of hydrogen-bond donors (Lipinski definition) is 0. The van der Waals surface area contributed by atoms with Crippen molar-refractivity contribution in [2.75, 3.05) is 9.80 Å². The minimum atomic E-state index is -0.182. The van der Waals surface area contributed by atoms with Crippen LogP contribution in [-0.4, -0.2) is 0 Å². The summed E-state index contributed by atoms with van der Waals surface area (Å²) >= 11 is 0. The van der Waals surface area contributed by atoms with E-state index < -0.39 is 0 Å². The summed E-state index contributed by atoms with van der Waals surface area (Å²) < 4.78 is 0.